The van der Waals surface area contributed by atoms with E-state index in [4.69, 9.17) is 9.47 Å². The SMILES string of the molecule is COc1ccc(C(=O)OCC(=O)c2cccs2)cc1S(=O)(=O)N(C)C. The fraction of sp³-hybridized carbons (Fsp3) is 0.250. The molecule has 0 unspecified atom stereocenters. The van der Waals surface area contributed by atoms with E-state index < -0.39 is 22.6 Å². The van der Waals surface area contributed by atoms with Crippen LogP contribution in [0.1, 0.15) is 20.0 Å². The molecule has 7 nitrogen and oxygen atoms in total. The Hall–Kier alpha value is -2.23. The fourth-order valence-corrected chi connectivity index (χ4v) is 3.65. The van der Waals surface area contributed by atoms with E-state index in [1.807, 2.05) is 0 Å². The molecule has 0 saturated heterocycles. The molecular formula is C16H17NO6S2. The number of carbonyl (C=O) groups is 2. The second-order valence-corrected chi connectivity index (χ2v) is 8.20. The molecule has 0 amide bonds. The molecule has 0 aliphatic heterocycles. The summed E-state index contributed by atoms with van der Waals surface area (Å²) in [5.41, 5.74) is 0.0141. The van der Waals surface area contributed by atoms with Crippen LogP contribution in [0.3, 0.4) is 0 Å². The van der Waals surface area contributed by atoms with Crippen molar-refractivity contribution in [3.8, 4) is 5.75 Å². The molecular weight excluding hydrogens is 366 g/mol. The Kier molecular flexibility index (Phi) is 5.93. The molecule has 0 aliphatic rings. The van der Waals surface area contributed by atoms with E-state index in [1.54, 1.807) is 17.5 Å². The molecule has 0 radical (unpaired) electrons. The van der Waals surface area contributed by atoms with Crippen molar-refractivity contribution in [2.75, 3.05) is 27.8 Å². The molecule has 2 rings (SSSR count). The molecule has 1 aromatic heterocycles. The van der Waals surface area contributed by atoms with Gasteiger partial charge in [0, 0.05) is 14.1 Å². The molecule has 25 heavy (non-hydrogen) atoms. The number of ketones is 1. The van der Waals surface area contributed by atoms with Gasteiger partial charge in [-0.2, -0.15) is 0 Å². The van der Waals surface area contributed by atoms with Crippen LogP contribution in [-0.4, -0.2) is 52.3 Å². The molecule has 0 N–H and O–H groups in total. The van der Waals surface area contributed by atoms with Crippen molar-refractivity contribution < 1.29 is 27.5 Å². The minimum Gasteiger partial charge on any atom is -0.495 e. The van der Waals surface area contributed by atoms with E-state index >= 15 is 0 Å². The topological polar surface area (TPSA) is 90.0 Å². The monoisotopic (exact) mass is 383 g/mol. The van der Waals surface area contributed by atoms with Crippen molar-refractivity contribution in [1.29, 1.82) is 0 Å². The molecule has 9 heteroatoms. The highest BCUT2D eigenvalue weighted by molar-refractivity contribution is 7.89. The van der Waals surface area contributed by atoms with E-state index in [0.717, 1.165) is 4.31 Å². The van der Waals surface area contributed by atoms with Crippen LogP contribution in [0.4, 0.5) is 0 Å². The lowest BCUT2D eigenvalue weighted by Gasteiger charge is -2.15. The van der Waals surface area contributed by atoms with Crippen LogP contribution in [0.15, 0.2) is 40.6 Å². The predicted octanol–water partition coefficient (Wildman–Crippen LogP) is 2.05. The first-order chi connectivity index (χ1) is 11.8. The highest BCUT2D eigenvalue weighted by Crippen LogP contribution is 2.27. The van der Waals surface area contributed by atoms with E-state index in [0.29, 0.717) is 4.88 Å². The summed E-state index contributed by atoms with van der Waals surface area (Å²) < 4.78 is 35.7. The second kappa shape index (κ2) is 7.77. The third-order valence-corrected chi connectivity index (χ3v) is 6.04. The number of hydrogen-bond acceptors (Lipinski definition) is 7. The van der Waals surface area contributed by atoms with Crippen molar-refractivity contribution in [2.45, 2.75) is 4.90 Å². The number of methoxy groups -OCH3 is 1. The van der Waals surface area contributed by atoms with Gasteiger partial charge in [-0.15, -0.1) is 11.3 Å². The normalized spacial score (nSPS) is 11.4. The Bertz CT molecular complexity index is 872. The van der Waals surface area contributed by atoms with Crippen LogP contribution < -0.4 is 4.74 Å². The number of thiophene rings is 1. The van der Waals surface area contributed by atoms with E-state index in [1.165, 1.54) is 50.7 Å². The van der Waals surface area contributed by atoms with Crippen LogP contribution in [0.2, 0.25) is 0 Å². The number of ether oxygens (including phenoxy) is 2. The van der Waals surface area contributed by atoms with Gasteiger partial charge in [0.15, 0.2) is 6.61 Å². The molecule has 0 spiro atoms. The van der Waals surface area contributed by atoms with E-state index in [9.17, 15) is 18.0 Å². The van der Waals surface area contributed by atoms with Gasteiger partial charge in [0.05, 0.1) is 17.6 Å². The summed E-state index contributed by atoms with van der Waals surface area (Å²) >= 11 is 1.25. The third kappa shape index (κ3) is 4.25. The summed E-state index contributed by atoms with van der Waals surface area (Å²) in [4.78, 5) is 24.3. The number of sulfonamides is 1. The van der Waals surface area contributed by atoms with Gasteiger partial charge in [-0.25, -0.2) is 17.5 Å². The number of nitrogens with zero attached hydrogens (tertiary/aromatic N) is 1. The Labute approximate surface area is 149 Å². The predicted molar refractivity (Wildman–Crippen MR) is 92.8 cm³/mol. The number of hydrogen-bond donors (Lipinski definition) is 0. The highest BCUT2D eigenvalue weighted by atomic mass is 32.2. The molecule has 0 atom stereocenters. The van der Waals surface area contributed by atoms with Gasteiger partial charge in [-0.3, -0.25) is 4.79 Å². The summed E-state index contributed by atoms with van der Waals surface area (Å²) in [6.07, 6.45) is 0. The van der Waals surface area contributed by atoms with Gasteiger partial charge in [0.2, 0.25) is 15.8 Å². The molecule has 0 aliphatic carbocycles. The van der Waals surface area contributed by atoms with Crippen LogP contribution >= 0.6 is 11.3 Å². The first-order valence-corrected chi connectivity index (χ1v) is 9.43. The smallest absolute Gasteiger partial charge is 0.338 e. The molecule has 0 bridgehead atoms. The zero-order valence-corrected chi connectivity index (χ0v) is 15.5. The Morgan fingerprint density at radius 2 is 1.92 bits per heavy atom. The van der Waals surface area contributed by atoms with Crippen molar-refractivity contribution in [3.63, 3.8) is 0 Å². The lowest BCUT2D eigenvalue weighted by atomic mass is 10.2. The number of rotatable bonds is 7. The van der Waals surface area contributed by atoms with Crippen molar-refractivity contribution in [3.05, 3.63) is 46.2 Å². The summed E-state index contributed by atoms with van der Waals surface area (Å²) in [5, 5.41) is 1.75. The summed E-state index contributed by atoms with van der Waals surface area (Å²) in [6.45, 7) is -0.416. The first-order valence-electron chi connectivity index (χ1n) is 7.11. The van der Waals surface area contributed by atoms with Gasteiger partial charge in [-0.05, 0) is 29.6 Å². The first kappa shape index (κ1) is 19.1. The van der Waals surface area contributed by atoms with Crippen LogP contribution in [-0.2, 0) is 14.8 Å². The second-order valence-electron chi connectivity index (χ2n) is 5.13. The van der Waals surface area contributed by atoms with Gasteiger partial charge in [0.1, 0.15) is 10.6 Å². The molecule has 1 heterocycles. The Balaban J connectivity index is 2.22. The van der Waals surface area contributed by atoms with Crippen molar-refractivity contribution in [2.24, 2.45) is 0 Å². The molecule has 134 valence electrons. The zero-order valence-electron chi connectivity index (χ0n) is 13.9. The molecule has 0 fully saturated rings. The van der Waals surface area contributed by atoms with Gasteiger partial charge in [0.25, 0.3) is 0 Å². The van der Waals surface area contributed by atoms with E-state index in [2.05, 4.69) is 0 Å². The maximum atomic E-state index is 12.3. The average molecular weight is 383 g/mol. The van der Waals surface area contributed by atoms with Gasteiger partial charge < -0.3 is 9.47 Å². The van der Waals surface area contributed by atoms with Crippen LogP contribution in [0.5, 0.6) is 5.75 Å². The lowest BCUT2D eigenvalue weighted by Crippen LogP contribution is -2.23. The largest absolute Gasteiger partial charge is 0.495 e. The minimum absolute atomic E-state index is 0.0141. The van der Waals surface area contributed by atoms with Crippen molar-refractivity contribution >= 4 is 33.1 Å². The number of benzene rings is 1. The fourth-order valence-electron chi connectivity index (χ4n) is 1.92. The van der Waals surface area contributed by atoms with Crippen molar-refractivity contribution in [1.82, 2.24) is 4.31 Å². The maximum Gasteiger partial charge on any atom is 0.338 e. The van der Waals surface area contributed by atoms with Gasteiger partial charge in [-0.1, -0.05) is 6.07 Å². The third-order valence-electron chi connectivity index (χ3n) is 3.29. The summed E-state index contributed by atoms with van der Waals surface area (Å²) in [5.74, 6) is -0.999. The van der Waals surface area contributed by atoms with Gasteiger partial charge >= 0.3 is 5.97 Å². The number of carbonyl (C=O) groups excluding carboxylic acids is 2. The minimum atomic E-state index is -3.81. The average Bonchev–Trinajstić information content (AvgIpc) is 3.13. The number of Topliss-reactive ketones (excluding diaryl/α,β-unsaturated/α-hetero) is 1. The standard InChI is InChI=1S/C16H17NO6S2/c1-17(2)25(20,21)15-9-11(6-7-13(15)22-3)16(19)23-10-12(18)14-5-4-8-24-14/h4-9H,10H2,1-3H3. The summed E-state index contributed by atoms with van der Waals surface area (Å²) in [6, 6.07) is 7.28. The Morgan fingerprint density at radius 3 is 2.48 bits per heavy atom. The Morgan fingerprint density at radius 1 is 1.20 bits per heavy atom. The lowest BCUT2D eigenvalue weighted by molar-refractivity contribution is 0.0475. The maximum absolute atomic E-state index is 12.3. The van der Waals surface area contributed by atoms with E-state index in [-0.39, 0.29) is 22.0 Å². The quantitative estimate of drug-likeness (QED) is 0.537. The molecule has 1 aromatic carbocycles. The summed E-state index contributed by atoms with van der Waals surface area (Å²) in [7, 11) is 0.277. The molecule has 2 aromatic rings. The number of esters is 1. The zero-order chi connectivity index (χ0) is 18.6. The molecule has 0 saturated carbocycles. The van der Waals surface area contributed by atoms with Crippen LogP contribution in [0, 0.1) is 0 Å². The van der Waals surface area contributed by atoms with Crippen LogP contribution in [0.25, 0.3) is 0 Å². The highest BCUT2D eigenvalue weighted by Gasteiger charge is 2.24.